The number of benzene rings is 1. The van der Waals surface area contributed by atoms with Crippen molar-refractivity contribution >= 4 is 5.97 Å². The van der Waals surface area contributed by atoms with Gasteiger partial charge in [-0.3, -0.25) is 4.68 Å². The molecule has 142 valence electrons. The van der Waals surface area contributed by atoms with E-state index in [0.29, 0.717) is 12.1 Å². The molecule has 27 heavy (non-hydrogen) atoms. The van der Waals surface area contributed by atoms with Gasteiger partial charge in [0.25, 0.3) is 0 Å². The maximum atomic E-state index is 12.5. The quantitative estimate of drug-likeness (QED) is 0.630. The molecule has 10 heteroatoms. The molecule has 0 saturated carbocycles. The van der Waals surface area contributed by atoms with E-state index in [1.807, 2.05) is 6.92 Å². The molecule has 0 spiro atoms. The highest BCUT2D eigenvalue weighted by Crippen LogP contribution is 2.29. The Morgan fingerprint density at radius 1 is 1.26 bits per heavy atom. The van der Waals surface area contributed by atoms with Crippen LogP contribution < -0.4 is 0 Å². The summed E-state index contributed by atoms with van der Waals surface area (Å²) in [7, 11) is 0. The fourth-order valence-corrected chi connectivity index (χ4v) is 2.36. The van der Waals surface area contributed by atoms with Gasteiger partial charge in [0.15, 0.2) is 5.69 Å². The highest BCUT2D eigenvalue weighted by molar-refractivity contribution is 5.87. The van der Waals surface area contributed by atoms with Crippen LogP contribution >= 0.6 is 0 Å². The number of hydrogen-bond donors (Lipinski definition) is 0. The van der Waals surface area contributed by atoms with Crippen molar-refractivity contribution in [3.8, 4) is 11.4 Å². The minimum Gasteiger partial charge on any atom is -0.461 e. The highest BCUT2D eigenvalue weighted by atomic mass is 19.4. The Bertz CT molecular complexity index is 945. The largest absolute Gasteiger partial charge is 0.471 e. The molecule has 2 heterocycles. The van der Waals surface area contributed by atoms with Crippen molar-refractivity contribution < 1.29 is 27.2 Å². The molecular weight excluding hydrogens is 365 g/mol. The molecule has 0 saturated heterocycles. The maximum Gasteiger partial charge on any atom is 0.471 e. The van der Waals surface area contributed by atoms with E-state index in [4.69, 9.17) is 4.74 Å². The van der Waals surface area contributed by atoms with E-state index in [9.17, 15) is 18.0 Å². The predicted octanol–water partition coefficient (Wildman–Crippen LogP) is 3.49. The molecule has 0 bridgehead atoms. The van der Waals surface area contributed by atoms with Gasteiger partial charge in [-0.05, 0) is 25.5 Å². The summed E-state index contributed by atoms with van der Waals surface area (Å²) in [6.07, 6.45) is -4.68. The summed E-state index contributed by atoms with van der Waals surface area (Å²) in [6.45, 7) is 4.16. The first-order valence-electron chi connectivity index (χ1n) is 7.99. The van der Waals surface area contributed by atoms with Gasteiger partial charge in [0.05, 0.1) is 13.2 Å². The molecule has 7 nitrogen and oxygen atoms in total. The van der Waals surface area contributed by atoms with Gasteiger partial charge < -0.3 is 9.26 Å². The van der Waals surface area contributed by atoms with E-state index in [-0.39, 0.29) is 18.1 Å². The minimum absolute atomic E-state index is 0.145. The molecule has 1 aromatic carbocycles. The van der Waals surface area contributed by atoms with E-state index in [0.717, 1.165) is 11.3 Å². The van der Waals surface area contributed by atoms with E-state index in [1.54, 1.807) is 41.9 Å². The lowest BCUT2D eigenvalue weighted by Crippen LogP contribution is -2.08. The Morgan fingerprint density at radius 2 is 1.96 bits per heavy atom. The van der Waals surface area contributed by atoms with Gasteiger partial charge >= 0.3 is 18.0 Å². The molecule has 0 aliphatic heterocycles. The maximum absolute atomic E-state index is 12.5. The van der Waals surface area contributed by atoms with E-state index < -0.39 is 18.0 Å². The van der Waals surface area contributed by atoms with Gasteiger partial charge in [-0.2, -0.15) is 23.3 Å². The minimum atomic E-state index is -4.68. The van der Waals surface area contributed by atoms with Crippen LogP contribution in [0.15, 0.2) is 34.9 Å². The number of ether oxygens (including phenoxy) is 1. The van der Waals surface area contributed by atoms with Crippen molar-refractivity contribution in [1.29, 1.82) is 0 Å². The third kappa shape index (κ3) is 4.15. The number of alkyl halides is 3. The van der Waals surface area contributed by atoms with Crippen molar-refractivity contribution in [2.75, 3.05) is 6.61 Å². The zero-order valence-corrected chi connectivity index (χ0v) is 14.4. The summed E-state index contributed by atoms with van der Waals surface area (Å²) in [5, 5.41) is 7.56. The van der Waals surface area contributed by atoms with Gasteiger partial charge in [-0.25, -0.2) is 4.79 Å². The lowest BCUT2D eigenvalue weighted by Gasteiger charge is -2.05. The lowest BCUT2D eigenvalue weighted by molar-refractivity contribution is -0.159. The summed E-state index contributed by atoms with van der Waals surface area (Å²) >= 11 is 0. The van der Waals surface area contributed by atoms with Gasteiger partial charge in [-0.1, -0.05) is 29.4 Å². The Labute approximate surface area is 151 Å². The average Bonchev–Trinajstić information content (AvgIpc) is 3.23. The van der Waals surface area contributed by atoms with Gasteiger partial charge in [-0.15, -0.1) is 0 Å². The van der Waals surface area contributed by atoms with Gasteiger partial charge in [0, 0.05) is 11.3 Å². The summed E-state index contributed by atoms with van der Waals surface area (Å²) in [5.41, 5.74) is 2.22. The van der Waals surface area contributed by atoms with Crippen LogP contribution in [0, 0.1) is 6.92 Å². The first kappa shape index (κ1) is 18.6. The number of carbonyl (C=O) groups excluding carboxylic acids is 1. The van der Waals surface area contributed by atoms with Crippen LogP contribution in [-0.4, -0.2) is 32.5 Å². The van der Waals surface area contributed by atoms with Crippen LogP contribution in [-0.2, 0) is 17.5 Å². The smallest absolute Gasteiger partial charge is 0.461 e. The van der Waals surface area contributed by atoms with Crippen LogP contribution in [0.3, 0.4) is 0 Å². The third-order valence-electron chi connectivity index (χ3n) is 3.68. The number of hydrogen-bond acceptors (Lipinski definition) is 6. The normalized spacial score (nSPS) is 11.6. The molecule has 3 aromatic rings. The number of esters is 1. The summed E-state index contributed by atoms with van der Waals surface area (Å²) in [4.78, 5) is 15.1. The van der Waals surface area contributed by atoms with Crippen LogP contribution in [0.5, 0.6) is 0 Å². The number of aromatic nitrogens is 4. The molecule has 0 fully saturated rings. The molecule has 0 aliphatic rings. The standard InChI is InChI=1S/C17H15F3N4O3/c1-3-26-15(25)13-8-10(2)24(22-13)9-11-4-6-12(7-5-11)14-21-16(27-23-14)17(18,19)20/h4-8H,3,9H2,1-2H3. The number of carbonyl (C=O) groups is 1. The van der Waals surface area contributed by atoms with Crippen LogP contribution in [0.1, 0.15) is 34.6 Å². The Morgan fingerprint density at radius 3 is 2.56 bits per heavy atom. The SMILES string of the molecule is CCOC(=O)c1cc(C)n(Cc2ccc(-c3noc(C(F)(F)F)n3)cc2)n1. The zero-order valence-electron chi connectivity index (χ0n) is 14.4. The molecule has 0 aliphatic carbocycles. The lowest BCUT2D eigenvalue weighted by atomic mass is 10.1. The molecule has 3 rings (SSSR count). The second kappa shape index (κ2) is 7.22. The molecule has 0 atom stereocenters. The van der Waals surface area contributed by atoms with Crippen molar-refractivity contribution in [3.05, 3.63) is 53.2 Å². The molecular formula is C17H15F3N4O3. The van der Waals surface area contributed by atoms with E-state index in [2.05, 4.69) is 19.8 Å². The molecule has 0 amide bonds. The summed E-state index contributed by atoms with van der Waals surface area (Å²) < 4.78 is 48.4. The van der Waals surface area contributed by atoms with Crippen LogP contribution in [0.4, 0.5) is 13.2 Å². The van der Waals surface area contributed by atoms with Crippen molar-refractivity contribution in [1.82, 2.24) is 19.9 Å². The molecule has 0 radical (unpaired) electrons. The first-order chi connectivity index (χ1) is 12.8. The molecule has 0 unspecified atom stereocenters. The number of nitrogens with zero attached hydrogens (tertiary/aromatic N) is 4. The van der Waals surface area contributed by atoms with Gasteiger partial charge in [0.2, 0.25) is 5.82 Å². The average molecular weight is 380 g/mol. The second-order valence-electron chi connectivity index (χ2n) is 5.67. The summed E-state index contributed by atoms with van der Waals surface area (Å²) in [5.74, 6) is -2.03. The Balaban J connectivity index is 1.75. The topological polar surface area (TPSA) is 83.0 Å². The van der Waals surface area contributed by atoms with Crippen molar-refractivity contribution in [2.24, 2.45) is 0 Å². The van der Waals surface area contributed by atoms with Crippen molar-refractivity contribution in [3.63, 3.8) is 0 Å². The number of halogens is 3. The highest BCUT2D eigenvalue weighted by Gasteiger charge is 2.38. The summed E-state index contributed by atoms with van der Waals surface area (Å²) in [6, 6.07) is 8.23. The van der Waals surface area contributed by atoms with Gasteiger partial charge in [0.1, 0.15) is 0 Å². The van der Waals surface area contributed by atoms with Crippen LogP contribution in [0.25, 0.3) is 11.4 Å². The van der Waals surface area contributed by atoms with Crippen molar-refractivity contribution in [2.45, 2.75) is 26.6 Å². The number of rotatable bonds is 5. The Hall–Kier alpha value is -3.17. The monoisotopic (exact) mass is 380 g/mol. The van der Waals surface area contributed by atoms with E-state index >= 15 is 0 Å². The molecule has 0 N–H and O–H groups in total. The third-order valence-corrected chi connectivity index (χ3v) is 3.68. The second-order valence-corrected chi connectivity index (χ2v) is 5.67. The first-order valence-corrected chi connectivity index (χ1v) is 7.99. The number of aryl methyl sites for hydroxylation is 1. The zero-order chi connectivity index (χ0) is 19.6. The fourth-order valence-electron chi connectivity index (χ4n) is 2.36. The predicted molar refractivity (Wildman–Crippen MR) is 86.8 cm³/mol. The van der Waals surface area contributed by atoms with Crippen LogP contribution in [0.2, 0.25) is 0 Å². The Kier molecular flexibility index (Phi) is 4.98. The van der Waals surface area contributed by atoms with E-state index in [1.165, 1.54) is 0 Å². The fraction of sp³-hybridized carbons (Fsp3) is 0.294. The molecule has 2 aromatic heterocycles.